The van der Waals surface area contributed by atoms with Gasteiger partial charge in [0.25, 0.3) is 5.88 Å². The number of hydrogen-bond acceptors (Lipinski definition) is 8. The van der Waals surface area contributed by atoms with Crippen LogP contribution in [-0.4, -0.2) is 64.8 Å². The van der Waals surface area contributed by atoms with Gasteiger partial charge in [-0.2, -0.15) is 4.37 Å². The van der Waals surface area contributed by atoms with Crippen molar-refractivity contribution >= 4 is 17.5 Å². The molecule has 1 aromatic rings. The predicted molar refractivity (Wildman–Crippen MR) is 82.2 cm³/mol. The van der Waals surface area contributed by atoms with E-state index in [-0.39, 0.29) is 0 Å². The van der Waals surface area contributed by atoms with Gasteiger partial charge in [0.1, 0.15) is 12.7 Å². The smallest absolute Gasteiger partial charge is 0.270 e. The largest absolute Gasteiger partial charge is 0.472 e. The molecule has 0 saturated carbocycles. The summed E-state index contributed by atoms with van der Waals surface area (Å²) in [6.45, 7) is -18.8. The first-order valence-electron chi connectivity index (χ1n) is 12.8. The van der Waals surface area contributed by atoms with Crippen LogP contribution in [0, 0.1) is 0 Å². The fraction of sp³-hybridized carbons (Fsp3) is 0.846. The minimum atomic E-state index is -3.42. The fourth-order valence-electron chi connectivity index (χ4n) is 1.21. The molecule has 0 bridgehead atoms. The number of hydrogen-bond donors (Lipinski definition) is 2. The molecule has 2 heterocycles. The Morgan fingerprint density at radius 3 is 3.10 bits per heavy atom. The number of aliphatic hydroxyl groups is 1. The van der Waals surface area contributed by atoms with Crippen LogP contribution in [0.25, 0.3) is 0 Å². The Morgan fingerprint density at radius 1 is 1.62 bits per heavy atom. The number of rotatable bonds is 6. The Hall–Kier alpha value is -0.960. The molecule has 1 atom stereocenters. The van der Waals surface area contributed by atoms with Crippen molar-refractivity contribution < 1.29 is 33.8 Å². The van der Waals surface area contributed by atoms with Gasteiger partial charge in [-0.3, -0.25) is 0 Å². The fourth-order valence-corrected chi connectivity index (χ4v) is 1.68. The summed E-state index contributed by atoms with van der Waals surface area (Å²) in [5.41, 5.74) is -2.91. The van der Waals surface area contributed by atoms with Crippen molar-refractivity contribution in [3.63, 3.8) is 0 Å². The molecule has 0 unspecified atom stereocenters. The van der Waals surface area contributed by atoms with E-state index >= 15 is 0 Å². The maximum Gasteiger partial charge on any atom is 0.270 e. The molecule has 0 radical (unpaired) electrons. The second kappa shape index (κ2) is 7.35. The molecule has 0 spiro atoms. The Morgan fingerprint density at radius 2 is 2.38 bits per heavy atom. The molecule has 7 nitrogen and oxygen atoms in total. The summed E-state index contributed by atoms with van der Waals surface area (Å²) >= 11 is 0.391. The van der Waals surface area contributed by atoms with Crippen molar-refractivity contribution in [2.45, 2.75) is 32.3 Å². The van der Waals surface area contributed by atoms with Gasteiger partial charge in [0.05, 0.1) is 33.2 Å². The number of aliphatic hydroxyl groups excluding tert-OH is 1. The number of aromatic nitrogens is 2. The third-order valence-electron chi connectivity index (χ3n) is 2.03. The minimum Gasteiger partial charge on any atom is -0.472 e. The highest BCUT2D eigenvalue weighted by Crippen LogP contribution is 2.26. The van der Waals surface area contributed by atoms with E-state index in [4.69, 9.17) is 28.7 Å². The van der Waals surface area contributed by atoms with Gasteiger partial charge in [-0.05, 0) is 20.6 Å². The maximum atomic E-state index is 10.5. The van der Waals surface area contributed by atoms with Crippen LogP contribution in [-0.2, 0) is 4.74 Å². The summed E-state index contributed by atoms with van der Waals surface area (Å²) in [7, 11) is 0. The molecular weight excluding hydrogens is 292 g/mol. The zero-order valence-electron chi connectivity index (χ0n) is 25.0. The first kappa shape index (κ1) is 5.92. The van der Waals surface area contributed by atoms with Gasteiger partial charge in [-0.15, -0.1) is 4.37 Å². The van der Waals surface area contributed by atoms with E-state index in [1.165, 1.54) is 0 Å². The molecule has 0 aliphatic carbocycles. The molecule has 2 rings (SSSR count). The van der Waals surface area contributed by atoms with Crippen LogP contribution >= 0.6 is 11.7 Å². The number of β-amino-alcohol motifs (C(OH)–C–C–N with tert-alkyl or cyclic N) is 1. The topological polar surface area (TPSA) is 79.7 Å². The predicted octanol–water partition coefficient (Wildman–Crippen LogP) is 0.502. The number of anilines is 1. The average molecular weight is 331 g/mol. The molecular formula is C13H24N4O3S. The lowest BCUT2D eigenvalue weighted by Crippen LogP contribution is -2.42. The summed E-state index contributed by atoms with van der Waals surface area (Å²) < 4.78 is 127. The Bertz CT molecular complexity index is 875. The molecule has 21 heavy (non-hydrogen) atoms. The third kappa shape index (κ3) is 5.39. The van der Waals surface area contributed by atoms with E-state index in [1.807, 2.05) is 0 Å². The molecule has 2 N–H and O–H groups in total. The number of ether oxygens (including phenoxy) is 2. The molecule has 120 valence electrons. The number of nitrogens with zero attached hydrogens (tertiary/aromatic N) is 3. The van der Waals surface area contributed by atoms with Crippen molar-refractivity contribution in [2.75, 3.05) is 44.2 Å². The molecule has 1 fully saturated rings. The second-order valence-electron chi connectivity index (χ2n) is 4.05. The summed E-state index contributed by atoms with van der Waals surface area (Å²) in [6, 6.07) is 0. The molecule has 1 aliphatic heterocycles. The van der Waals surface area contributed by atoms with Crippen LogP contribution in [0.2, 0.25) is 0 Å². The van der Waals surface area contributed by atoms with E-state index in [2.05, 4.69) is 8.75 Å². The van der Waals surface area contributed by atoms with E-state index in [0.29, 0.717) is 23.6 Å². The minimum absolute atomic E-state index is 0.391. The summed E-state index contributed by atoms with van der Waals surface area (Å²) in [5, 5.41) is 12.2. The standard InChI is InChI=1S/C13H24N4O3S/c1-13(2,3)14-8-10(18)9-20-12-11(15-21-16-12)17-4-6-19-7-5-17/h10,14,18H,4-9H2,1-3H3/t10-/m0/s1/i1D3,2D3,4D2,5D2,8D2,9D2. The van der Waals surface area contributed by atoms with Crippen molar-refractivity contribution in [3.8, 4) is 5.88 Å². The van der Waals surface area contributed by atoms with Gasteiger partial charge in [0.2, 0.25) is 5.82 Å². The maximum absolute atomic E-state index is 10.5. The van der Waals surface area contributed by atoms with Crippen LogP contribution in [0.4, 0.5) is 5.82 Å². The van der Waals surface area contributed by atoms with Crippen LogP contribution in [0.3, 0.4) is 0 Å². The molecule has 0 amide bonds. The van der Waals surface area contributed by atoms with Gasteiger partial charge < -0.3 is 24.8 Å². The number of nitrogens with one attached hydrogen (secondary N) is 1. The highest BCUT2D eigenvalue weighted by Gasteiger charge is 2.21. The zero-order valence-corrected chi connectivity index (χ0v) is 11.8. The molecule has 1 saturated heterocycles. The molecule has 8 heteroatoms. The molecule has 1 aromatic heterocycles. The van der Waals surface area contributed by atoms with E-state index in [1.54, 1.807) is 5.32 Å². The van der Waals surface area contributed by atoms with Gasteiger partial charge in [-0.25, -0.2) is 0 Å². The Balaban J connectivity index is 2.39. The lowest BCUT2D eigenvalue weighted by Gasteiger charge is -2.27. The monoisotopic (exact) mass is 330 g/mol. The van der Waals surface area contributed by atoms with Gasteiger partial charge in [0.15, 0.2) is 0 Å². The van der Waals surface area contributed by atoms with Crippen molar-refractivity contribution in [3.05, 3.63) is 0 Å². The van der Waals surface area contributed by atoms with Gasteiger partial charge in [-0.1, -0.05) is 0 Å². The zero-order chi connectivity index (χ0) is 27.5. The SMILES string of the molecule is [2H]C([2H])(NC(C)(C([2H])([2H])[2H])C([2H])([2H])[2H])[C@H](O)C([2H])([2H])Oc1nsnc1N1C([2H])([2H])COCC1([2H])[2H]. The Labute approximate surface area is 149 Å². The van der Waals surface area contributed by atoms with Crippen LogP contribution < -0.4 is 15.0 Å². The lowest BCUT2D eigenvalue weighted by atomic mass is 10.1. The first-order valence-corrected chi connectivity index (χ1v) is 6.49. The average Bonchev–Trinajstić information content (AvgIpc) is 3.03. The Kier molecular flexibility index (Phi) is 2.07. The van der Waals surface area contributed by atoms with Crippen LogP contribution in [0.15, 0.2) is 0 Å². The van der Waals surface area contributed by atoms with Crippen LogP contribution in [0.5, 0.6) is 5.88 Å². The summed E-state index contributed by atoms with van der Waals surface area (Å²) in [6.07, 6.45) is -2.85. The third-order valence-corrected chi connectivity index (χ3v) is 2.53. The van der Waals surface area contributed by atoms with E-state index in [0.717, 1.165) is 0 Å². The second-order valence-corrected chi connectivity index (χ2v) is 4.58. The summed E-state index contributed by atoms with van der Waals surface area (Å²) in [4.78, 5) is 0.512. The summed E-state index contributed by atoms with van der Waals surface area (Å²) in [5.74, 6) is -1.38. The first-order chi connectivity index (χ1) is 15.4. The lowest BCUT2D eigenvalue weighted by molar-refractivity contribution is 0.0975. The number of morpholine rings is 1. The van der Waals surface area contributed by atoms with E-state index < -0.39 is 76.3 Å². The highest BCUT2D eigenvalue weighted by molar-refractivity contribution is 6.99. The van der Waals surface area contributed by atoms with Crippen molar-refractivity contribution in [2.24, 2.45) is 0 Å². The van der Waals surface area contributed by atoms with Crippen LogP contribution in [0.1, 0.15) is 39.8 Å². The van der Waals surface area contributed by atoms with Gasteiger partial charge in [0, 0.05) is 36.0 Å². The molecule has 0 aromatic carbocycles. The van der Waals surface area contributed by atoms with Gasteiger partial charge >= 0.3 is 0 Å². The van der Waals surface area contributed by atoms with Crippen molar-refractivity contribution in [1.29, 1.82) is 0 Å². The quantitative estimate of drug-likeness (QED) is 0.786. The highest BCUT2D eigenvalue weighted by atomic mass is 32.1. The normalized spacial score (nSPS) is 35.0. The van der Waals surface area contributed by atoms with E-state index in [9.17, 15) is 5.11 Å². The molecule has 1 aliphatic rings. The van der Waals surface area contributed by atoms with Crippen molar-refractivity contribution in [1.82, 2.24) is 14.1 Å².